The molecule has 0 rings (SSSR count). The second-order valence-corrected chi connectivity index (χ2v) is 21.1. The lowest BCUT2D eigenvalue weighted by Crippen LogP contribution is -2.35. The van der Waals surface area contributed by atoms with Crippen molar-refractivity contribution in [3.63, 3.8) is 0 Å². The Hall–Kier alpha value is -1.22. The first-order valence-corrected chi connectivity index (χ1v) is 28.1. The van der Waals surface area contributed by atoms with Gasteiger partial charge in [-0.1, -0.05) is 285 Å². The molecule has 0 amide bonds. The Morgan fingerprint density at radius 3 is 0.672 bits per heavy atom. The number of rotatable bonds is 50. The first-order chi connectivity index (χ1) is 31.0. The van der Waals surface area contributed by atoms with Gasteiger partial charge in [-0.2, -0.15) is 9.78 Å². The molecule has 382 valence electrons. The van der Waals surface area contributed by atoms with Crippen molar-refractivity contribution < 1.29 is 39.2 Å². The zero-order valence-electron chi connectivity index (χ0n) is 44.1. The van der Waals surface area contributed by atoms with Crippen LogP contribution >= 0.6 is 0 Å². The van der Waals surface area contributed by atoms with E-state index in [1.165, 1.54) is 244 Å². The molecule has 0 aromatic carbocycles. The largest absolute Gasteiger partial charge is 0.456 e. The van der Waals surface area contributed by atoms with Gasteiger partial charge in [0.2, 0.25) is 0 Å². The first kappa shape index (κ1) is 62.8. The van der Waals surface area contributed by atoms with Crippen molar-refractivity contribution in [3.8, 4) is 0 Å². The molecule has 0 aliphatic heterocycles. The number of hydrogen-bond donors (Lipinski definition) is 0. The second kappa shape index (κ2) is 45.6. The van der Waals surface area contributed by atoms with Crippen LogP contribution in [0.4, 0.5) is 0 Å². The average molecular weight is 911 g/mol. The van der Waals surface area contributed by atoms with Gasteiger partial charge >= 0.3 is 11.9 Å². The van der Waals surface area contributed by atoms with E-state index in [0.29, 0.717) is 0 Å². The molecule has 0 saturated carbocycles. The summed E-state index contributed by atoms with van der Waals surface area (Å²) < 4.78 is 0. The molecule has 0 aromatic rings. The summed E-state index contributed by atoms with van der Waals surface area (Å²) in [6, 6.07) is 0. The third-order valence-corrected chi connectivity index (χ3v) is 14.2. The van der Waals surface area contributed by atoms with E-state index in [-0.39, 0.29) is 11.8 Å². The molecule has 0 N–H and O–H groups in total. The summed E-state index contributed by atoms with van der Waals surface area (Å²) in [5.41, 5.74) is -1.44. The van der Waals surface area contributed by atoms with Gasteiger partial charge in [0.15, 0.2) is 0 Å². The van der Waals surface area contributed by atoms with E-state index >= 15 is 0 Å². The van der Waals surface area contributed by atoms with E-state index in [4.69, 9.17) is 19.9 Å². The van der Waals surface area contributed by atoms with Gasteiger partial charge in [-0.3, -0.25) is 9.78 Å². The number of hydrogen-bond acceptors (Lipinski definition) is 8. The van der Waals surface area contributed by atoms with Gasteiger partial charge in [0.1, 0.15) is 11.2 Å². The molecule has 0 fully saturated rings. The van der Waals surface area contributed by atoms with Gasteiger partial charge in [-0.05, 0) is 62.4 Å². The second-order valence-electron chi connectivity index (χ2n) is 21.1. The van der Waals surface area contributed by atoms with E-state index in [1.54, 1.807) is 0 Å². The number of carbonyl (C=O) groups is 2. The monoisotopic (exact) mass is 911 g/mol. The highest BCUT2D eigenvalue weighted by Crippen LogP contribution is 2.28. The van der Waals surface area contributed by atoms with Crippen molar-refractivity contribution in [2.75, 3.05) is 0 Å². The Bertz CT molecular complexity index is 921. The molecule has 8 nitrogen and oxygen atoms in total. The molecule has 0 heterocycles. The van der Waals surface area contributed by atoms with E-state index < -0.39 is 23.1 Å². The van der Waals surface area contributed by atoms with Gasteiger partial charge in [0.05, 0.1) is 0 Å². The molecule has 2 unspecified atom stereocenters. The Kier molecular flexibility index (Phi) is 44.7. The zero-order valence-corrected chi connectivity index (χ0v) is 44.1. The Morgan fingerprint density at radius 1 is 0.312 bits per heavy atom. The highest BCUT2D eigenvalue weighted by Gasteiger charge is 2.32. The molecule has 0 bridgehead atoms. The average Bonchev–Trinajstić information content (AvgIpc) is 3.27. The maximum Gasteiger partial charge on any atom is 0.456 e. The molecule has 0 aliphatic carbocycles. The molecule has 0 aromatic heterocycles. The van der Waals surface area contributed by atoms with Gasteiger partial charge < -0.3 is 0 Å². The van der Waals surface area contributed by atoms with E-state index in [2.05, 4.69) is 37.5 Å². The number of carbonyl (C=O) groups excluding carboxylic acids is 2. The van der Waals surface area contributed by atoms with E-state index in [0.717, 1.165) is 25.7 Å². The molecule has 0 radical (unpaired) electrons. The number of unbranched alkanes of at least 4 members (excludes halogenated alkanes) is 38. The van der Waals surface area contributed by atoms with E-state index in [9.17, 15) is 9.59 Å². The highest BCUT2D eigenvalue weighted by atomic mass is 17.5. The zero-order chi connectivity index (χ0) is 47.3. The topological polar surface area (TPSA) is 89.5 Å². The highest BCUT2D eigenvalue weighted by molar-refractivity contribution is 6.29. The quantitative estimate of drug-likeness (QED) is 0.0258. The molecular weight excluding hydrogens is 801 g/mol. The normalized spacial score (nSPS) is 13.1. The third kappa shape index (κ3) is 41.0. The van der Waals surface area contributed by atoms with Crippen molar-refractivity contribution in [1.29, 1.82) is 0 Å². The Morgan fingerprint density at radius 2 is 0.484 bits per heavy atom. The summed E-state index contributed by atoms with van der Waals surface area (Å²) in [6.07, 6.45) is 56.6. The van der Waals surface area contributed by atoms with Crippen LogP contribution in [0.1, 0.15) is 325 Å². The van der Waals surface area contributed by atoms with Gasteiger partial charge in [-0.15, -0.1) is 0 Å². The fraction of sp³-hybridized carbons (Fsp3) is 0.964. The summed E-state index contributed by atoms with van der Waals surface area (Å²) >= 11 is 0. The third-order valence-electron chi connectivity index (χ3n) is 14.2. The van der Waals surface area contributed by atoms with Crippen molar-refractivity contribution in [3.05, 3.63) is 0 Å². The van der Waals surface area contributed by atoms with Crippen LogP contribution in [0.25, 0.3) is 0 Å². The van der Waals surface area contributed by atoms with Crippen LogP contribution in [0.5, 0.6) is 0 Å². The van der Waals surface area contributed by atoms with Crippen LogP contribution in [-0.4, -0.2) is 23.1 Å². The molecule has 64 heavy (non-hydrogen) atoms. The summed E-state index contributed by atoms with van der Waals surface area (Å²) in [7, 11) is 0. The standard InChI is InChI=1S/C56H110O8/c1-9-11-13-15-17-19-21-23-25-27-29-31-33-35-37-39-41-43-45-47-49-51(3)55(5,6)61-63-59-53(57)54(58)60-64-62-56(7,8)52(4)50-48-46-44-42-40-38-36-34-32-30-28-26-24-22-20-18-16-14-12-10-2/h51-52H,9-50H2,1-8H3. The maximum absolute atomic E-state index is 12.1. The van der Waals surface area contributed by atoms with Crippen LogP contribution < -0.4 is 0 Å². The molecule has 2 atom stereocenters. The predicted octanol–water partition coefficient (Wildman–Crippen LogP) is 19.1. The fourth-order valence-corrected chi connectivity index (χ4v) is 8.61. The van der Waals surface area contributed by atoms with E-state index in [1.807, 2.05) is 27.7 Å². The lowest BCUT2D eigenvalue weighted by atomic mass is 9.88. The lowest BCUT2D eigenvalue weighted by Gasteiger charge is -2.29. The summed E-state index contributed by atoms with van der Waals surface area (Å²) in [6.45, 7) is 16.3. The van der Waals surface area contributed by atoms with Crippen LogP contribution in [-0.2, 0) is 39.2 Å². The van der Waals surface area contributed by atoms with Crippen LogP contribution in [0.3, 0.4) is 0 Å². The summed E-state index contributed by atoms with van der Waals surface area (Å²) in [4.78, 5) is 44.1. The molecule has 0 spiro atoms. The molecule has 0 saturated heterocycles. The molecule has 8 heteroatoms. The van der Waals surface area contributed by atoms with Gasteiger partial charge in [0.25, 0.3) is 0 Å². The van der Waals surface area contributed by atoms with Crippen molar-refractivity contribution in [2.24, 2.45) is 11.8 Å². The van der Waals surface area contributed by atoms with Gasteiger partial charge in [-0.25, -0.2) is 9.59 Å². The maximum atomic E-state index is 12.1. The lowest BCUT2D eigenvalue weighted by molar-refractivity contribution is -0.530. The molecule has 0 aliphatic rings. The minimum Gasteiger partial charge on any atom is -0.255 e. The van der Waals surface area contributed by atoms with Gasteiger partial charge in [0, 0.05) is 0 Å². The Balaban J connectivity index is 3.75. The van der Waals surface area contributed by atoms with Crippen molar-refractivity contribution in [2.45, 2.75) is 336 Å². The van der Waals surface area contributed by atoms with Crippen LogP contribution in [0.15, 0.2) is 0 Å². The van der Waals surface area contributed by atoms with Crippen molar-refractivity contribution in [1.82, 2.24) is 0 Å². The SMILES string of the molecule is CCCCCCCCCCCCCCCCCCCCCCC(C)C(C)(C)OOOC(=O)C(=O)OOOC(C)(C)C(C)CCCCCCCCCCCCCCCCCCCCCC. The van der Waals surface area contributed by atoms with Crippen LogP contribution in [0, 0.1) is 11.8 Å². The minimum atomic E-state index is -1.39. The smallest absolute Gasteiger partial charge is 0.255 e. The molecular formula is C56H110O8. The van der Waals surface area contributed by atoms with Crippen molar-refractivity contribution >= 4 is 11.9 Å². The Labute approximate surface area is 398 Å². The fourth-order valence-electron chi connectivity index (χ4n) is 8.61. The minimum absolute atomic E-state index is 0.151. The summed E-state index contributed by atoms with van der Waals surface area (Å²) in [5.74, 6) is -2.48. The summed E-state index contributed by atoms with van der Waals surface area (Å²) in [5, 5.41) is 9.44. The first-order valence-electron chi connectivity index (χ1n) is 28.1. The predicted molar refractivity (Wildman–Crippen MR) is 268 cm³/mol. The van der Waals surface area contributed by atoms with Crippen LogP contribution in [0.2, 0.25) is 0 Å².